The number of non-ortho nitro benzene ring substituents is 1. The van der Waals surface area contributed by atoms with Gasteiger partial charge in [-0.3, -0.25) is 25.0 Å². The highest BCUT2D eigenvalue weighted by Gasteiger charge is 2.30. The molecule has 0 heterocycles. The Kier molecular flexibility index (Phi) is 8.12. The molecule has 3 rings (SSSR count). The van der Waals surface area contributed by atoms with Crippen molar-refractivity contribution in [2.45, 2.75) is 6.18 Å². The number of anilines is 2. The first-order valence-electron chi connectivity index (χ1n) is 10.1. The van der Waals surface area contributed by atoms with E-state index >= 15 is 0 Å². The van der Waals surface area contributed by atoms with Gasteiger partial charge in [-0.05, 0) is 72.4 Å². The number of amides is 2. The van der Waals surface area contributed by atoms with Gasteiger partial charge in [0.2, 0.25) is 5.91 Å². The lowest BCUT2D eigenvalue weighted by Crippen LogP contribution is -2.32. The van der Waals surface area contributed by atoms with Crippen LogP contribution in [-0.4, -0.2) is 21.9 Å². The quantitative estimate of drug-likeness (QED) is 0.176. The van der Waals surface area contributed by atoms with Crippen molar-refractivity contribution >= 4 is 52.3 Å². The number of thiocarbonyl (C=S) groups is 1. The van der Waals surface area contributed by atoms with Crippen molar-refractivity contribution in [1.29, 1.82) is 0 Å². The van der Waals surface area contributed by atoms with E-state index in [4.69, 9.17) is 12.2 Å². The minimum Gasteiger partial charge on any atom is -0.332 e. The second kappa shape index (κ2) is 11.2. The monoisotopic (exact) mass is 514 g/mol. The maximum Gasteiger partial charge on any atom is 0.416 e. The summed E-state index contributed by atoms with van der Waals surface area (Å²) in [5.41, 5.74) is 0.0815. The van der Waals surface area contributed by atoms with E-state index in [2.05, 4.69) is 16.0 Å². The summed E-state index contributed by atoms with van der Waals surface area (Å²) in [5, 5.41) is 18.2. The minimum absolute atomic E-state index is 0.0178. The van der Waals surface area contributed by atoms with Crippen molar-refractivity contribution in [1.82, 2.24) is 5.32 Å². The fraction of sp³-hybridized carbons (Fsp3) is 0.0417. The van der Waals surface area contributed by atoms with E-state index in [0.29, 0.717) is 11.3 Å². The van der Waals surface area contributed by atoms with Crippen molar-refractivity contribution in [2.24, 2.45) is 0 Å². The molecule has 0 radical (unpaired) electrons. The second-order valence-corrected chi connectivity index (χ2v) is 7.65. The topological polar surface area (TPSA) is 113 Å². The first-order chi connectivity index (χ1) is 17.0. The molecule has 0 saturated heterocycles. The molecule has 0 aliphatic carbocycles. The summed E-state index contributed by atoms with van der Waals surface area (Å²) in [6.45, 7) is 0. The highest BCUT2D eigenvalue weighted by Crippen LogP contribution is 2.30. The normalized spacial score (nSPS) is 11.1. The fourth-order valence-electron chi connectivity index (χ4n) is 2.91. The van der Waals surface area contributed by atoms with Gasteiger partial charge in [-0.15, -0.1) is 0 Å². The van der Waals surface area contributed by atoms with E-state index in [0.717, 1.165) is 12.1 Å². The van der Waals surface area contributed by atoms with Crippen molar-refractivity contribution in [3.05, 3.63) is 106 Å². The SMILES string of the molecule is O=C(/C=C/c1ccc([N+](=O)[O-])cc1)NC(=S)Nc1cccc(C(=O)Nc2cccc(C(F)(F)F)c2)c1. The third kappa shape index (κ3) is 7.46. The van der Waals surface area contributed by atoms with Gasteiger partial charge in [0, 0.05) is 35.1 Å². The van der Waals surface area contributed by atoms with Crippen molar-refractivity contribution in [2.75, 3.05) is 10.6 Å². The molecule has 184 valence electrons. The molecule has 2 amide bonds. The highest BCUT2D eigenvalue weighted by molar-refractivity contribution is 7.80. The number of hydrogen-bond donors (Lipinski definition) is 3. The molecule has 0 bridgehead atoms. The van der Waals surface area contributed by atoms with Gasteiger partial charge in [0.1, 0.15) is 0 Å². The van der Waals surface area contributed by atoms with Crippen LogP contribution < -0.4 is 16.0 Å². The van der Waals surface area contributed by atoms with Crippen LogP contribution in [0.25, 0.3) is 6.08 Å². The number of nitro benzene ring substituents is 1. The molecule has 12 heteroatoms. The number of nitrogens with one attached hydrogen (secondary N) is 3. The summed E-state index contributed by atoms with van der Waals surface area (Å²) in [5.74, 6) is -1.21. The van der Waals surface area contributed by atoms with Crippen LogP contribution in [0.4, 0.5) is 30.2 Å². The molecule has 3 aromatic carbocycles. The molecule has 0 unspecified atom stereocenters. The van der Waals surface area contributed by atoms with Gasteiger partial charge in [-0.1, -0.05) is 12.1 Å². The van der Waals surface area contributed by atoms with Crippen LogP contribution in [0.2, 0.25) is 0 Å². The van der Waals surface area contributed by atoms with Gasteiger partial charge in [0.15, 0.2) is 5.11 Å². The van der Waals surface area contributed by atoms with Crippen molar-refractivity contribution in [3.8, 4) is 0 Å². The summed E-state index contributed by atoms with van der Waals surface area (Å²) in [6.07, 6.45) is -1.91. The number of rotatable bonds is 6. The third-order valence-electron chi connectivity index (χ3n) is 4.60. The highest BCUT2D eigenvalue weighted by atomic mass is 32.1. The number of halogens is 3. The second-order valence-electron chi connectivity index (χ2n) is 7.24. The Morgan fingerprint density at radius 1 is 0.917 bits per heavy atom. The van der Waals surface area contributed by atoms with Crippen LogP contribution in [0.5, 0.6) is 0 Å². The molecular weight excluding hydrogens is 497 g/mol. The molecule has 0 atom stereocenters. The van der Waals surface area contributed by atoms with Gasteiger partial charge in [-0.25, -0.2) is 0 Å². The van der Waals surface area contributed by atoms with Crippen LogP contribution >= 0.6 is 12.2 Å². The third-order valence-corrected chi connectivity index (χ3v) is 4.80. The molecule has 3 aromatic rings. The van der Waals surface area contributed by atoms with Crippen LogP contribution in [0.1, 0.15) is 21.5 Å². The molecular formula is C24H17F3N4O4S. The number of carbonyl (C=O) groups excluding carboxylic acids is 2. The Balaban J connectivity index is 1.58. The van der Waals surface area contributed by atoms with Crippen molar-refractivity contribution in [3.63, 3.8) is 0 Å². The van der Waals surface area contributed by atoms with Crippen LogP contribution in [0.15, 0.2) is 78.9 Å². The van der Waals surface area contributed by atoms with Gasteiger partial charge < -0.3 is 10.6 Å². The number of nitrogens with zero attached hydrogens (tertiary/aromatic N) is 1. The van der Waals surface area contributed by atoms with Gasteiger partial charge in [-0.2, -0.15) is 13.2 Å². The molecule has 3 N–H and O–H groups in total. The van der Waals surface area contributed by atoms with E-state index in [1.165, 1.54) is 66.7 Å². The zero-order valence-corrected chi connectivity index (χ0v) is 19.0. The number of nitro groups is 1. The van der Waals surface area contributed by atoms with Gasteiger partial charge >= 0.3 is 6.18 Å². The summed E-state index contributed by atoms with van der Waals surface area (Å²) < 4.78 is 38.6. The predicted octanol–water partition coefficient (Wildman–Crippen LogP) is 5.39. The minimum atomic E-state index is -4.54. The Hall–Kier alpha value is -4.58. The largest absolute Gasteiger partial charge is 0.416 e. The first-order valence-corrected chi connectivity index (χ1v) is 10.6. The van der Waals surface area contributed by atoms with E-state index < -0.39 is 28.5 Å². The fourth-order valence-corrected chi connectivity index (χ4v) is 3.13. The van der Waals surface area contributed by atoms with Gasteiger partial charge in [0.05, 0.1) is 10.5 Å². The van der Waals surface area contributed by atoms with Crippen LogP contribution in [-0.2, 0) is 11.0 Å². The van der Waals surface area contributed by atoms with E-state index in [-0.39, 0.29) is 22.1 Å². The lowest BCUT2D eigenvalue weighted by Gasteiger charge is -2.11. The summed E-state index contributed by atoms with van der Waals surface area (Å²) in [4.78, 5) is 34.7. The average molecular weight is 514 g/mol. The molecule has 0 saturated carbocycles. The molecule has 8 nitrogen and oxygen atoms in total. The lowest BCUT2D eigenvalue weighted by atomic mass is 10.1. The van der Waals surface area contributed by atoms with Crippen LogP contribution in [0.3, 0.4) is 0 Å². The molecule has 0 aromatic heterocycles. The van der Waals surface area contributed by atoms with Gasteiger partial charge in [0.25, 0.3) is 11.6 Å². The molecule has 36 heavy (non-hydrogen) atoms. The Morgan fingerprint density at radius 3 is 2.19 bits per heavy atom. The van der Waals surface area contributed by atoms with Crippen LogP contribution in [0, 0.1) is 10.1 Å². The predicted molar refractivity (Wildman–Crippen MR) is 132 cm³/mol. The summed E-state index contributed by atoms with van der Waals surface area (Å²) in [6, 6.07) is 15.8. The number of carbonyl (C=O) groups is 2. The number of alkyl halides is 3. The Bertz CT molecular complexity index is 1340. The Morgan fingerprint density at radius 2 is 1.56 bits per heavy atom. The molecule has 0 aliphatic heterocycles. The van der Waals surface area contributed by atoms with E-state index in [1.807, 2.05) is 0 Å². The maximum atomic E-state index is 12.9. The lowest BCUT2D eigenvalue weighted by molar-refractivity contribution is -0.384. The summed E-state index contributed by atoms with van der Waals surface area (Å²) >= 11 is 5.09. The zero-order chi connectivity index (χ0) is 26.3. The first kappa shape index (κ1) is 26.0. The number of hydrogen-bond acceptors (Lipinski definition) is 5. The average Bonchev–Trinajstić information content (AvgIpc) is 2.82. The van der Waals surface area contributed by atoms with E-state index in [1.54, 1.807) is 6.07 Å². The molecule has 0 fully saturated rings. The maximum absolute atomic E-state index is 12.9. The number of benzene rings is 3. The molecule has 0 aliphatic rings. The standard InChI is InChI=1S/C24H17F3N4O4S/c25-24(26,27)17-4-2-6-19(14-17)28-22(33)16-3-1-5-18(13-16)29-23(36)30-21(32)12-9-15-7-10-20(11-8-15)31(34)35/h1-14H,(H,28,33)(H2,29,30,32,36)/b12-9+. The van der Waals surface area contributed by atoms with Crippen molar-refractivity contribution < 1.29 is 27.7 Å². The summed E-state index contributed by atoms with van der Waals surface area (Å²) in [7, 11) is 0. The smallest absolute Gasteiger partial charge is 0.332 e. The Labute approximate surface area is 208 Å². The zero-order valence-electron chi connectivity index (χ0n) is 18.2. The molecule has 0 spiro atoms. The van der Waals surface area contributed by atoms with E-state index in [9.17, 15) is 32.9 Å².